The van der Waals surface area contributed by atoms with E-state index < -0.39 is 0 Å². The van der Waals surface area contributed by atoms with Crippen molar-refractivity contribution in [2.45, 2.75) is 44.9 Å². The van der Waals surface area contributed by atoms with Crippen LogP contribution in [0.15, 0.2) is 0 Å². The normalized spacial score (nSPS) is 45.8. The van der Waals surface area contributed by atoms with E-state index in [-0.39, 0.29) is 0 Å². The maximum absolute atomic E-state index is 5.86. The van der Waals surface area contributed by atoms with Crippen LogP contribution in [0.25, 0.3) is 0 Å². The summed E-state index contributed by atoms with van der Waals surface area (Å²) >= 11 is 0. The first kappa shape index (κ1) is 7.56. The van der Waals surface area contributed by atoms with Crippen molar-refractivity contribution in [3.05, 3.63) is 0 Å². The quantitative estimate of drug-likeness (QED) is 0.613. The molecule has 0 amide bonds. The molecule has 0 aromatic heterocycles. The number of rotatable bonds is 1. The van der Waals surface area contributed by atoms with Crippen LogP contribution in [0.1, 0.15) is 26.7 Å². The number of nitrogens with one attached hydrogen (secondary N) is 1. The van der Waals surface area contributed by atoms with E-state index in [9.17, 15) is 0 Å². The minimum absolute atomic E-state index is 0.398. The van der Waals surface area contributed by atoms with Crippen LogP contribution < -0.4 is 5.32 Å². The Hall–Kier alpha value is -0.0800. The van der Waals surface area contributed by atoms with Crippen molar-refractivity contribution in [3.8, 4) is 0 Å². The molecule has 2 aliphatic rings. The summed E-state index contributed by atoms with van der Waals surface area (Å²) in [6.45, 7) is 5.41. The standard InChI is InChI=1S/C9H17NO/c1-6-7(2)11-9(5-10-6)8-3-4-8/h6-10H,3-5H2,1-2H3. The van der Waals surface area contributed by atoms with Crippen molar-refractivity contribution < 1.29 is 4.74 Å². The molecule has 64 valence electrons. The predicted molar refractivity (Wildman–Crippen MR) is 44.5 cm³/mol. The van der Waals surface area contributed by atoms with Gasteiger partial charge in [-0.25, -0.2) is 0 Å². The molecule has 2 rings (SSSR count). The molecule has 0 spiro atoms. The van der Waals surface area contributed by atoms with Gasteiger partial charge in [0.25, 0.3) is 0 Å². The molecule has 3 unspecified atom stereocenters. The molecule has 0 bridgehead atoms. The van der Waals surface area contributed by atoms with E-state index in [1.807, 2.05) is 0 Å². The highest BCUT2D eigenvalue weighted by Crippen LogP contribution is 2.35. The summed E-state index contributed by atoms with van der Waals surface area (Å²) in [5.74, 6) is 0.873. The van der Waals surface area contributed by atoms with E-state index in [4.69, 9.17) is 4.74 Å². The average Bonchev–Trinajstić information content (AvgIpc) is 2.77. The van der Waals surface area contributed by atoms with Gasteiger partial charge in [-0.2, -0.15) is 0 Å². The fourth-order valence-electron chi connectivity index (χ4n) is 1.66. The number of hydrogen-bond donors (Lipinski definition) is 1. The van der Waals surface area contributed by atoms with E-state index in [1.165, 1.54) is 12.8 Å². The number of ether oxygens (including phenoxy) is 1. The zero-order chi connectivity index (χ0) is 7.84. The summed E-state index contributed by atoms with van der Waals surface area (Å²) in [6, 6.07) is 0.532. The van der Waals surface area contributed by atoms with Gasteiger partial charge in [-0.3, -0.25) is 0 Å². The molecule has 0 aromatic carbocycles. The summed E-state index contributed by atoms with van der Waals surface area (Å²) in [5.41, 5.74) is 0. The molecule has 1 aliphatic carbocycles. The highest BCUT2D eigenvalue weighted by atomic mass is 16.5. The third kappa shape index (κ3) is 1.57. The van der Waals surface area contributed by atoms with Crippen molar-refractivity contribution in [1.82, 2.24) is 5.32 Å². The lowest BCUT2D eigenvalue weighted by atomic mass is 10.1. The molecule has 0 radical (unpaired) electrons. The lowest BCUT2D eigenvalue weighted by molar-refractivity contribution is -0.0589. The Morgan fingerprint density at radius 2 is 2.00 bits per heavy atom. The summed E-state index contributed by atoms with van der Waals surface area (Å²) < 4.78 is 5.86. The minimum Gasteiger partial charge on any atom is -0.372 e. The first-order chi connectivity index (χ1) is 5.27. The SMILES string of the molecule is CC1NCC(C2CC2)OC1C. The van der Waals surface area contributed by atoms with Gasteiger partial charge in [0.15, 0.2) is 0 Å². The summed E-state index contributed by atoms with van der Waals surface area (Å²) in [5, 5.41) is 3.48. The van der Waals surface area contributed by atoms with E-state index >= 15 is 0 Å². The fourth-order valence-corrected chi connectivity index (χ4v) is 1.66. The van der Waals surface area contributed by atoms with E-state index in [1.54, 1.807) is 0 Å². The number of morpholine rings is 1. The monoisotopic (exact) mass is 155 g/mol. The van der Waals surface area contributed by atoms with Crippen LogP contribution >= 0.6 is 0 Å². The van der Waals surface area contributed by atoms with Crippen LogP contribution in [0.3, 0.4) is 0 Å². The van der Waals surface area contributed by atoms with Gasteiger partial charge in [0, 0.05) is 12.6 Å². The maximum Gasteiger partial charge on any atom is 0.0732 e. The molecule has 3 atom stereocenters. The molecule has 1 saturated heterocycles. The zero-order valence-electron chi connectivity index (χ0n) is 7.34. The van der Waals surface area contributed by atoms with Gasteiger partial charge in [0.2, 0.25) is 0 Å². The Morgan fingerprint density at radius 3 is 2.55 bits per heavy atom. The summed E-state index contributed by atoms with van der Waals surface area (Å²) in [7, 11) is 0. The summed E-state index contributed by atoms with van der Waals surface area (Å²) in [4.78, 5) is 0. The highest BCUT2D eigenvalue weighted by molar-refractivity contribution is 4.88. The highest BCUT2D eigenvalue weighted by Gasteiger charge is 2.36. The van der Waals surface area contributed by atoms with Gasteiger partial charge in [-0.05, 0) is 32.6 Å². The van der Waals surface area contributed by atoms with Crippen molar-refractivity contribution in [2.24, 2.45) is 5.92 Å². The van der Waals surface area contributed by atoms with Gasteiger partial charge < -0.3 is 10.1 Å². The maximum atomic E-state index is 5.86. The van der Waals surface area contributed by atoms with Gasteiger partial charge in [0.1, 0.15) is 0 Å². The Labute approximate surface area is 68.3 Å². The van der Waals surface area contributed by atoms with Crippen molar-refractivity contribution >= 4 is 0 Å². The van der Waals surface area contributed by atoms with Crippen LogP contribution in [-0.4, -0.2) is 24.8 Å². The third-order valence-electron chi connectivity index (χ3n) is 2.88. The second-order valence-corrected chi connectivity index (χ2v) is 3.91. The molecule has 1 heterocycles. The molecule has 0 aromatic rings. The lowest BCUT2D eigenvalue weighted by Crippen LogP contribution is -2.50. The van der Waals surface area contributed by atoms with Crippen molar-refractivity contribution in [2.75, 3.05) is 6.54 Å². The molecule has 2 fully saturated rings. The van der Waals surface area contributed by atoms with Crippen LogP contribution in [0, 0.1) is 5.92 Å². The van der Waals surface area contributed by atoms with Gasteiger partial charge in [0.05, 0.1) is 12.2 Å². The van der Waals surface area contributed by atoms with Gasteiger partial charge in [-0.15, -0.1) is 0 Å². The van der Waals surface area contributed by atoms with Crippen molar-refractivity contribution in [1.29, 1.82) is 0 Å². The van der Waals surface area contributed by atoms with E-state index in [0.29, 0.717) is 18.2 Å². The zero-order valence-corrected chi connectivity index (χ0v) is 7.34. The smallest absolute Gasteiger partial charge is 0.0732 e. The first-order valence-electron chi connectivity index (χ1n) is 4.66. The van der Waals surface area contributed by atoms with Crippen LogP contribution in [0.4, 0.5) is 0 Å². The predicted octanol–water partition coefficient (Wildman–Crippen LogP) is 1.16. The minimum atomic E-state index is 0.398. The van der Waals surface area contributed by atoms with E-state index in [0.717, 1.165) is 12.5 Å². The van der Waals surface area contributed by atoms with Crippen LogP contribution in [0.5, 0.6) is 0 Å². The van der Waals surface area contributed by atoms with Gasteiger partial charge in [-0.1, -0.05) is 0 Å². The first-order valence-corrected chi connectivity index (χ1v) is 4.66. The second kappa shape index (κ2) is 2.76. The topological polar surface area (TPSA) is 21.3 Å². The van der Waals surface area contributed by atoms with Gasteiger partial charge >= 0.3 is 0 Å². The molecular weight excluding hydrogens is 138 g/mol. The molecular formula is C9H17NO. The lowest BCUT2D eigenvalue weighted by Gasteiger charge is -2.33. The average molecular weight is 155 g/mol. The Bertz CT molecular complexity index is 144. The van der Waals surface area contributed by atoms with E-state index in [2.05, 4.69) is 19.2 Å². The second-order valence-electron chi connectivity index (χ2n) is 3.91. The molecule has 1 saturated carbocycles. The van der Waals surface area contributed by atoms with Crippen LogP contribution in [0.2, 0.25) is 0 Å². The van der Waals surface area contributed by atoms with Crippen LogP contribution in [-0.2, 0) is 4.74 Å². The van der Waals surface area contributed by atoms with Crippen molar-refractivity contribution in [3.63, 3.8) is 0 Å². The largest absolute Gasteiger partial charge is 0.372 e. The third-order valence-corrected chi connectivity index (χ3v) is 2.88. The molecule has 2 heteroatoms. The molecule has 1 aliphatic heterocycles. The Kier molecular flexibility index (Phi) is 1.90. The number of hydrogen-bond acceptors (Lipinski definition) is 2. The summed E-state index contributed by atoms with van der Waals surface area (Å²) in [6.07, 6.45) is 3.68. The molecule has 11 heavy (non-hydrogen) atoms. The molecule has 1 N–H and O–H groups in total. The Morgan fingerprint density at radius 1 is 1.27 bits per heavy atom. The Balaban J connectivity index is 1.86. The molecule has 2 nitrogen and oxygen atoms in total. The fraction of sp³-hybridized carbons (Fsp3) is 1.00.